The molecule has 2 heterocycles. The number of rotatable bonds is 2. The molecular weight excluding hydrogens is 246 g/mol. The first-order valence-corrected chi connectivity index (χ1v) is 6.74. The van der Waals surface area contributed by atoms with E-state index in [9.17, 15) is 0 Å². The highest BCUT2D eigenvalue weighted by atomic mass is 32.1. The first-order chi connectivity index (χ1) is 8.83. The summed E-state index contributed by atoms with van der Waals surface area (Å²) >= 11 is 1.26. The van der Waals surface area contributed by atoms with Crippen LogP contribution in [0.4, 0.5) is 16.8 Å². The molecule has 1 fully saturated rings. The number of hydrogen-bond acceptors (Lipinski definition) is 6. The first kappa shape index (κ1) is 11.3. The zero-order valence-electron chi connectivity index (χ0n) is 9.99. The Kier molecular flexibility index (Phi) is 3.02. The summed E-state index contributed by atoms with van der Waals surface area (Å²) in [5, 5.41) is 0.537. The van der Waals surface area contributed by atoms with E-state index in [1.165, 1.54) is 17.2 Å². The molecule has 1 aromatic carbocycles. The van der Waals surface area contributed by atoms with Crippen LogP contribution in [-0.2, 0) is 0 Å². The van der Waals surface area contributed by atoms with Crippen LogP contribution < -0.4 is 15.5 Å². The maximum absolute atomic E-state index is 5.61. The molecule has 2 aromatic rings. The fourth-order valence-electron chi connectivity index (χ4n) is 2.16. The van der Waals surface area contributed by atoms with Crippen LogP contribution in [0.1, 0.15) is 0 Å². The van der Waals surface area contributed by atoms with Gasteiger partial charge in [0.15, 0.2) is 0 Å². The average Bonchev–Trinajstić information content (AvgIpc) is 2.87. The molecule has 2 N–H and O–H groups in total. The molecule has 0 aliphatic carbocycles. The van der Waals surface area contributed by atoms with Gasteiger partial charge in [-0.15, -0.1) is 0 Å². The van der Waals surface area contributed by atoms with Gasteiger partial charge in [0.1, 0.15) is 0 Å². The van der Waals surface area contributed by atoms with Crippen LogP contribution in [0, 0.1) is 0 Å². The lowest BCUT2D eigenvalue weighted by molar-refractivity contribution is 0.643. The van der Waals surface area contributed by atoms with Crippen molar-refractivity contribution in [2.75, 3.05) is 41.7 Å². The number of benzene rings is 1. The van der Waals surface area contributed by atoms with Crippen molar-refractivity contribution in [3.05, 3.63) is 30.3 Å². The van der Waals surface area contributed by atoms with Gasteiger partial charge in [0.2, 0.25) is 11.1 Å². The van der Waals surface area contributed by atoms with Crippen LogP contribution >= 0.6 is 11.5 Å². The summed E-state index contributed by atoms with van der Waals surface area (Å²) in [5.41, 5.74) is 6.89. The van der Waals surface area contributed by atoms with E-state index in [0.29, 0.717) is 5.13 Å². The molecule has 18 heavy (non-hydrogen) atoms. The van der Waals surface area contributed by atoms with Crippen molar-refractivity contribution in [3.8, 4) is 0 Å². The summed E-state index contributed by atoms with van der Waals surface area (Å²) in [6.07, 6.45) is 0. The predicted octanol–water partition coefficient (Wildman–Crippen LogP) is 1.45. The first-order valence-electron chi connectivity index (χ1n) is 5.97. The topological polar surface area (TPSA) is 58.3 Å². The monoisotopic (exact) mass is 261 g/mol. The van der Waals surface area contributed by atoms with Gasteiger partial charge in [-0.2, -0.15) is 9.36 Å². The SMILES string of the molecule is Nc1nc(N2CCN(c3ccccc3)CC2)ns1. The van der Waals surface area contributed by atoms with E-state index in [0.717, 1.165) is 32.1 Å². The van der Waals surface area contributed by atoms with Crippen LogP contribution in [0.5, 0.6) is 0 Å². The van der Waals surface area contributed by atoms with E-state index in [-0.39, 0.29) is 0 Å². The van der Waals surface area contributed by atoms with Crippen LogP contribution in [0.25, 0.3) is 0 Å². The third-order valence-corrected chi connectivity index (χ3v) is 3.65. The zero-order chi connectivity index (χ0) is 12.4. The summed E-state index contributed by atoms with van der Waals surface area (Å²) in [7, 11) is 0. The minimum Gasteiger partial charge on any atom is -0.374 e. The molecule has 0 atom stereocenters. The standard InChI is InChI=1S/C12H15N5S/c13-11-14-12(15-18-11)17-8-6-16(7-9-17)10-4-2-1-3-5-10/h1-5H,6-9H2,(H2,13,14,15). The van der Waals surface area contributed by atoms with Crippen molar-refractivity contribution in [1.29, 1.82) is 0 Å². The maximum atomic E-state index is 5.61. The van der Waals surface area contributed by atoms with E-state index in [1.807, 2.05) is 6.07 Å². The molecule has 6 heteroatoms. The molecule has 0 spiro atoms. The number of para-hydroxylation sites is 1. The molecule has 0 unspecified atom stereocenters. The van der Waals surface area contributed by atoms with Crippen molar-refractivity contribution < 1.29 is 0 Å². The summed E-state index contributed by atoms with van der Waals surface area (Å²) in [6.45, 7) is 3.85. The molecule has 1 saturated heterocycles. The molecule has 94 valence electrons. The summed E-state index contributed by atoms with van der Waals surface area (Å²) in [4.78, 5) is 8.79. The Morgan fingerprint density at radius 3 is 2.28 bits per heavy atom. The quantitative estimate of drug-likeness (QED) is 0.886. The number of aromatic nitrogens is 2. The molecule has 0 bridgehead atoms. The fourth-order valence-corrected chi connectivity index (χ4v) is 2.61. The maximum Gasteiger partial charge on any atom is 0.239 e. The van der Waals surface area contributed by atoms with E-state index in [1.54, 1.807) is 0 Å². The normalized spacial score (nSPS) is 16.0. The van der Waals surface area contributed by atoms with Gasteiger partial charge in [-0.1, -0.05) is 18.2 Å². The molecule has 1 aliphatic heterocycles. The average molecular weight is 261 g/mol. The fraction of sp³-hybridized carbons (Fsp3) is 0.333. The van der Waals surface area contributed by atoms with Crippen molar-refractivity contribution in [2.24, 2.45) is 0 Å². The molecule has 3 rings (SSSR count). The van der Waals surface area contributed by atoms with Gasteiger partial charge in [-0.3, -0.25) is 0 Å². The van der Waals surface area contributed by atoms with Crippen molar-refractivity contribution in [2.45, 2.75) is 0 Å². The van der Waals surface area contributed by atoms with Crippen LogP contribution in [0.3, 0.4) is 0 Å². The largest absolute Gasteiger partial charge is 0.374 e. The summed E-state index contributed by atoms with van der Waals surface area (Å²) in [6, 6.07) is 10.5. The Morgan fingerprint density at radius 1 is 1.00 bits per heavy atom. The van der Waals surface area contributed by atoms with E-state index in [2.05, 4.69) is 43.4 Å². The Labute approximate surface area is 110 Å². The third-order valence-electron chi connectivity index (χ3n) is 3.11. The molecule has 0 amide bonds. The Hall–Kier alpha value is -1.82. The Bertz CT molecular complexity index is 504. The van der Waals surface area contributed by atoms with Gasteiger partial charge < -0.3 is 15.5 Å². The van der Waals surface area contributed by atoms with Gasteiger partial charge in [-0.25, -0.2) is 0 Å². The number of nitrogens with zero attached hydrogens (tertiary/aromatic N) is 4. The Balaban J connectivity index is 1.65. The highest BCUT2D eigenvalue weighted by Crippen LogP contribution is 2.20. The number of nitrogens with two attached hydrogens (primary N) is 1. The molecule has 0 radical (unpaired) electrons. The number of hydrogen-bond donors (Lipinski definition) is 1. The van der Waals surface area contributed by atoms with Gasteiger partial charge in [0, 0.05) is 43.4 Å². The zero-order valence-corrected chi connectivity index (χ0v) is 10.8. The number of piperazine rings is 1. The molecule has 5 nitrogen and oxygen atoms in total. The minimum absolute atomic E-state index is 0.537. The third kappa shape index (κ3) is 2.24. The van der Waals surface area contributed by atoms with E-state index >= 15 is 0 Å². The highest BCUT2D eigenvalue weighted by Gasteiger charge is 2.19. The summed E-state index contributed by atoms with van der Waals surface area (Å²) in [5.74, 6) is 0.769. The number of anilines is 3. The van der Waals surface area contributed by atoms with E-state index < -0.39 is 0 Å². The minimum atomic E-state index is 0.537. The van der Waals surface area contributed by atoms with Crippen LogP contribution in [0.2, 0.25) is 0 Å². The second-order valence-corrected chi connectivity index (χ2v) is 5.03. The van der Waals surface area contributed by atoms with Crippen molar-refractivity contribution in [3.63, 3.8) is 0 Å². The van der Waals surface area contributed by atoms with Gasteiger partial charge in [-0.05, 0) is 12.1 Å². The van der Waals surface area contributed by atoms with Gasteiger partial charge in [0.05, 0.1) is 0 Å². The van der Waals surface area contributed by atoms with Crippen LogP contribution in [-0.4, -0.2) is 35.5 Å². The van der Waals surface area contributed by atoms with E-state index in [4.69, 9.17) is 5.73 Å². The van der Waals surface area contributed by atoms with Crippen molar-refractivity contribution in [1.82, 2.24) is 9.36 Å². The lowest BCUT2D eigenvalue weighted by Gasteiger charge is -2.35. The Morgan fingerprint density at radius 2 is 1.67 bits per heavy atom. The summed E-state index contributed by atoms with van der Waals surface area (Å²) < 4.78 is 4.25. The van der Waals surface area contributed by atoms with Gasteiger partial charge >= 0.3 is 0 Å². The lowest BCUT2D eigenvalue weighted by Crippen LogP contribution is -2.46. The number of nitrogen functional groups attached to an aromatic ring is 1. The lowest BCUT2D eigenvalue weighted by atomic mass is 10.2. The van der Waals surface area contributed by atoms with Crippen molar-refractivity contribution >= 4 is 28.3 Å². The smallest absolute Gasteiger partial charge is 0.239 e. The second kappa shape index (κ2) is 4.81. The predicted molar refractivity (Wildman–Crippen MR) is 75.2 cm³/mol. The highest BCUT2D eigenvalue weighted by molar-refractivity contribution is 7.09. The molecule has 1 aliphatic rings. The molecule has 1 aromatic heterocycles. The van der Waals surface area contributed by atoms with Crippen LogP contribution in [0.15, 0.2) is 30.3 Å². The second-order valence-electron chi connectivity index (χ2n) is 4.24. The van der Waals surface area contributed by atoms with Gasteiger partial charge in [0.25, 0.3) is 0 Å². The molecule has 0 saturated carbocycles. The molecular formula is C12H15N5S.